The van der Waals surface area contributed by atoms with Gasteiger partial charge in [0.25, 0.3) is 5.91 Å². The summed E-state index contributed by atoms with van der Waals surface area (Å²) in [5, 5.41) is 0. The highest BCUT2D eigenvalue weighted by molar-refractivity contribution is 9.10. The first-order valence-corrected chi connectivity index (χ1v) is 11.5. The SMILES string of the molecule is CCOC(=O)Cn1c(=NC(=O)CSCc2ccccc2)sc2cc(Br)ccc21. The number of hydrogen-bond donors (Lipinski definition) is 0. The van der Waals surface area contributed by atoms with Gasteiger partial charge in [-0.2, -0.15) is 4.99 Å². The third-order valence-corrected chi connectivity index (χ3v) is 6.32. The van der Waals surface area contributed by atoms with Crippen LogP contribution in [0.2, 0.25) is 0 Å². The van der Waals surface area contributed by atoms with E-state index in [-0.39, 0.29) is 24.2 Å². The fourth-order valence-electron chi connectivity index (χ4n) is 2.59. The fraction of sp³-hybridized carbons (Fsp3) is 0.250. The molecule has 0 N–H and O–H groups in total. The van der Waals surface area contributed by atoms with Gasteiger partial charge in [-0.1, -0.05) is 57.6 Å². The molecule has 3 rings (SSSR count). The maximum Gasteiger partial charge on any atom is 0.326 e. The lowest BCUT2D eigenvalue weighted by Crippen LogP contribution is -2.23. The Labute approximate surface area is 179 Å². The van der Waals surface area contributed by atoms with E-state index in [1.54, 1.807) is 11.5 Å². The third kappa shape index (κ3) is 5.56. The average molecular weight is 479 g/mol. The van der Waals surface area contributed by atoms with Gasteiger partial charge in [0.05, 0.1) is 22.6 Å². The molecule has 0 aliphatic heterocycles. The normalized spacial score (nSPS) is 11.7. The lowest BCUT2D eigenvalue weighted by atomic mass is 10.2. The second-order valence-corrected chi connectivity index (χ2v) is 8.78. The second kappa shape index (κ2) is 10.0. The van der Waals surface area contributed by atoms with Crippen molar-refractivity contribution in [3.05, 3.63) is 63.4 Å². The number of fused-ring (bicyclic) bond motifs is 1. The van der Waals surface area contributed by atoms with Crippen LogP contribution in [-0.4, -0.2) is 28.8 Å². The molecule has 0 aliphatic carbocycles. The molecule has 0 fully saturated rings. The second-order valence-electron chi connectivity index (χ2n) is 5.87. The Bertz CT molecular complexity index is 1040. The fourth-order valence-corrected chi connectivity index (χ4v) is 4.96. The summed E-state index contributed by atoms with van der Waals surface area (Å²) >= 11 is 6.36. The van der Waals surface area contributed by atoms with Crippen molar-refractivity contribution in [1.29, 1.82) is 0 Å². The van der Waals surface area contributed by atoms with Crippen LogP contribution in [0.1, 0.15) is 12.5 Å². The summed E-state index contributed by atoms with van der Waals surface area (Å²) in [7, 11) is 0. The zero-order chi connectivity index (χ0) is 19.9. The zero-order valence-electron chi connectivity index (χ0n) is 15.3. The van der Waals surface area contributed by atoms with Gasteiger partial charge in [-0.25, -0.2) is 0 Å². The summed E-state index contributed by atoms with van der Waals surface area (Å²) < 4.78 is 8.68. The number of nitrogens with zero attached hydrogens (tertiary/aromatic N) is 2. The number of rotatable bonds is 7. The summed E-state index contributed by atoms with van der Waals surface area (Å²) in [5.41, 5.74) is 2.02. The van der Waals surface area contributed by atoms with Gasteiger partial charge in [-0.3, -0.25) is 9.59 Å². The van der Waals surface area contributed by atoms with E-state index in [1.807, 2.05) is 48.5 Å². The molecule has 1 aromatic heterocycles. The van der Waals surface area contributed by atoms with Gasteiger partial charge in [-0.05, 0) is 30.7 Å². The molecule has 0 atom stereocenters. The molecule has 146 valence electrons. The van der Waals surface area contributed by atoms with E-state index in [2.05, 4.69) is 20.9 Å². The monoisotopic (exact) mass is 478 g/mol. The molecule has 0 radical (unpaired) electrons. The summed E-state index contributed by atoms with van der Waals surface area (Å²) in [6.45, 7) is 2.11. The Morgan fingerprint density at radius 2 is 2.00 bits per heavy atom. The first-order chi connectivity index (χ1) is 13.6. The van der Waals surface area contributed by atoms with Crippen LogP contribution < -0.4 is 4.80 Å². The molecule has 1 heterocycles. The summed E-state index contributed by atoms with van der Waals surface area (Å²) in [6.07, 6.45) is 0. The van der Waals surface area contributed by atoms with Crippen LogP contribution in [0.4, 0.5) is 0 Å². The molecule has 8 heteroatoms. The predicted octanol–water partition coefficient (Wildman–Crippen LogP) is 4.39. The molecule has 0 unspecified atom stereocenters. The number of carbonyl (C=O) groups excluding carboxylic acids is 2. The Morgan fingerprint density at radius 1 is 1.21 bits per heavy atom. The number of halogens is 1. The quantitative estimate of drug-likeness (QED) is 0.472. The van der Waals surface area contributed by atoms with Crippen LogP contribution >= 0.6 is 39.0 Å². The van der Waals surface area contributed by atoms with Crippen molar-refractivity contribution in [2.75, 3.05) is 12.4 Å². The Hall–Kier alpha value is -1.90. The van der Waals surface area contributed by atoms with E-state index < -0.39 is 0 Å². The van der Waals surface area contributed by atoms with E-state index in [9.17, 15) is 9.59 Å². The van der Waals surface area contributed by atoms with Crippen LogP contribution in [0.25, 0.3) is 10.2 Å². The minimum absolute atomic E-state index is 0.0265. The highest BCUT2D eigenvalue weighted by Crippen LogP contribution is 2.22. The topological polar surface area (TPSA) is 60.7 Å². The van der Waals surface area contributed by atoms with E-state index in [0.29, 0.717) is 11.4 Å². The van der Waals surface area contributed by atoms with Crippen molar-refractivity contribution < 1.29 is 14.3 Å². The van der Waals surface area contributed by atoms with Gasteiger partial charge in [-0.15, -0.1) is 11.8 Å². The molecule has 3 aromatic rings. The molecule has 1 amide bonds. The highest BCUT2D eigenvalue weighted by atomic mass is 79.9. The van der Waals surface area contributed by atoms with E-state index in [4.69, 9.17) is 4.74 Å². The van der Waals surface area contributed by atoms with Gasteiger partial charge in [0, 0.05) is 10.2 Å². The number of amides is 1. The van der Waals surface area contributed by atoms with E-state index >= 15 is 0 Å². The van der Waals surface area contributed by atoms with Gasteiger partial charge >= 0.3 is 5.97 Å². The number of benzene rings is 2. The molecule has 0 spiro atoms. The summed E-state index contributed by atoms with van der Waals surface area (Å²) in [4.78, 5) is 29.2. The van der Waals surface area contributed by atoms with Gasteiger partial charge in [0.15, 0.2) is 4.80 Å². The molecule has 2 aromatic carbocycles. The smallest absolute Gasteiger partial charge is 0.326 e. The minimum atomic E-state index is -0.350. The van der Waals surface area contributed by atoms with Crippen molar-refractivity contribution in [2.45, 2.75) is 19.2 Å². The standard InChI is InChI=1S/C20H19BrN2O3S2/c1-2-26-19(25)11-23-16-9-8-15(21)10-17(16)28-20(23)22-18(24)13-27-12-14-6-4-3-5-7-14/h3-10H,2,11-13H2,1H3. The number of thiazole rings is 1. The Kier molecular flexibility index (Phi) is 7.47. The van der Waals surface area contributed by atoms with Crippen LogP contribution in [-0.2, 0) is 26.6 Å². The molecule has 0 saturated carbocycles. The van der Waals surface area contributed by atoms with Gasteiger partial charge in [0.1, 0.15) is 6.54 Å². The van der Waals surface area contributed by atoms with Gasteiger partial charge < -0.3 is 9.30 Å². The molecule has 0 aliphatic rings. The van der Waals surface area contributed by atoms with Crippen molar-refractivity contribution in [3.63, 3.8) is 0 Å². The number of esters is 1. The Balaban J connectivity index is 1.81. The maximum absolute atomic E-state index is 12.4. The largest absolute Gasteiger partial charge is 0.465 e. The molecular formula is C20H19BrN2O3S2. The predicted molar refractivity (Wildman–Crippen MR) is 117 cm³/mol. The number of hydrogen-bond acceptors (Lipinski definition) is 5. The lowest BCUT2D eigenvalue weighted by Gasteiger charge is -2.05. The van der Waals surface area contributed by atoms with Crippen molar-refractivity contribution in [2.24, 2.45) is 4.99 Å². The van der Waals surface area contributed by atoms with Crippen LogP contribution in [0.3, 0.4) is 0 Å². The highest BCUT2D eigenvalue weighted by Gasteiger charge is 2.12. The van der Waals surface area contributed by atoms with Crippen molar-refractivity contribution >= 4 is 61.1 Å². The summed E-state index contributed by atoms with van der Waals surface area (Å²) in [5.74, 6) is 0.470. The number of ether oxygens (including phenoxy) is 1. The van der Waals surface area contributed by atoms with Crippen LogP contribution in [0, 0.1) is 0 Å². The van der Waals surface area contributed by atoms with Gasteiger partial charge in [0.2, 0.25) is 0 Å². The first kappa shape index (κ1) is 20.8. The summed E-state index contributed by atoms with van der Waals surface area (Å²) in [6, 6.07) is 15.8. The average Bonchev–Trinajstić information content (AvgIpc) is 2.98. The zero-order valence-corrected chi connectivity index (χ0v) is 18.5. The molecule has 0 saturated heterocycles. The van der Waals surface area contributed by atoms with Crippen molar-refractivity contribution in [1.82, 2.24) is 4.57 Å². The van der Waals surface area contributed by atoms with Crippen molar-refractivity contribution in [3.8, 4) is 0 Å². The first-order valence-electron chi connectivity index (χ1n) is 8.70. The number of thioether (sulfide) groups is 1. The van der Waals surface area contributed by atoms with Crippen LogP contribution in [0.15, 0.2) is 58.0 Å². The van der Waals surface area contributed by atoms with Crippen LogP contribution in [0.5, 0.6) is 0 Å². The molecule has 28 heavy (non-hydrogen) atoms. The third-order valence-electron chi connectivity index (χ3n) is 3.79. The maximum atomic E-state index is 12.4. The van der Waals surface area contributed by atoms with E-state index in [1.165, 1.54) is 28.7 Å². The lowest BCUT2D eigenvalue weighted by molar-refractivity contribution is -0.143. The van der Waals surface area contributed by atoms with E-state index in [0.717, 1.165) is 20.4 Å². The molecule has 0 bridgehead atoms. The molecule has 5 nitrogen and oxygen atoms in total. The minimum Gasteiger partial charge on any atom is -0.465 e. The number of carbonyl (C=O) groups is 2. The number of aromatic nitrogens is 1. The Morgan fingerprint density at radius 3 is 2.75 bits per heavy atom. The molecular weight excluding hydrogens is 460 g/mol.